The number of nitrogens with one attached hydrogen (secondary N) is 1. The quantitative estimate of drug-likeness (QED) is 0.921. The minimum absolute atomic E-state index is 0.00117. The molecule has 0 bridgehead atoms. The molecule has 1 amide bonds. The summed E-state index contributed by atoms with van der Waals surface area (Å²) in [4.78, 5) is 21.8. The Labute approximate surface area is 123 Å². The Kier molecular flexibility index (Phi) is 2.94. The normalized spacial score (nSPS) is 18.3. The molecule has 0 radical (unpaired) electrons. The number of rotatable bonds is 2. The van der Waals surface area contributed by atoms with Crippen LogP contribution < -0.4 is 5.32 Å². The molecule has 1 fully saturated rings. The van der Waals surface area contributed by atoms with Gasteiger partial charge < -0.3 is 9.88 Å². The van der Waals surface area contributed by atoms with E-state index in [1.807, 2.05) is 13.0 Å². The molecule has 3 heterocycles. The number of carbonyl (C=O) groups excluding carboxylic acids is 1. The van der Waals surface area contributed by atoms with E-state index in [1.54, 1.807) is 0 Å². The molecular formula is C16H20N4O. The van der Waals surface area contributed by atoms with Gasteiger partial charge in [0.05, 0.1) is 5.56 Å². The van der Waals surface area contributed by atoms with Crippen molar-refractivity contribution in [3.63, 3.8) is 0 Å². The van der Waals surface area contributed by atoms with E-state index in [0.717, 1.165) is 54.9 Å². The molecule has 110 valence electrons. The van der Waals surface area contributed by atoms with Crippen molar-refractivity contribution in [3.8, 4) is 0 Å². The molecule has 4 rings (SSSR count). The highest BCUT2D eigenvalue weighted by molar-refractivity contribution is 6.04. The van der Waals surface area contributed by atoms with Gasteiger partial charge in [0.15, 0.2) is 5.65 Å². The zero-order valence-corrected chi connectivity index (χ0v) is 12.4. The maximum Gasteiger partial charge on any atom is 0.253 e. The lowest BCUT2D eigenvalue weighted by molar-refractivity contribution is 0.0952. The van der Waals surface area contributed by atoms with Gasteiger partial charge in [-0.25, -0.2) is 9.97 Å². The fourth-order valence-electron chi connectivity index (χ4n) is 3.08. The van der Waals surface area contributed by atoms with Gasteiger partial charge in [0, 0.05) is 24.7 Å². The molecule has 1 aliphatic heterocycles. The summed E-state index contributed by atoms with van der Waals surface area (Å²) >= 11 is 0. The number of pyridine rings is 1. The second-order valence-corrected chi connectivity index (χ2v) is 6.22. The Hall–Kier alpha value is -1.91. The van der Waals surface area contributed by atoms with Crippen LogP contribution in [-0.2, 0) is 13.0 Å². The standard InChI is InChI=1S/C16H20N4O/c1-10-9-12(16(21)18-11-6-7-11)14-15(17-10)20-8-4-2-3-5-13(20)19-14/h9,11H,2-8H2,1H3,(H,18,21). The van der Waals surface area contributed by atoms with Crippen LogP contribution in [0.3, 0.4) is 0 Å². The first-order chi connectivity index (χ1) is 10.2. The van der Waals surface area contributed by atoms with E-state index in [0.29, 0.717) is 11.6 Å². The molecule has 0 spiro atoms. The molecule has 0 atom stereocenters. The van der Waals surface area contributed by atoms with Crippen molar-refractivity contribution in [1.29, 1.82) is 0 Å². The lowest BCUT2D eigenvalue weighted by atomic mass is 10.2. The van der Waals surface area contributed by atoms with Gasteiger partial charge in [0.1, 0.15) is 11.3 Å². The minimum Gasteiger partial charge on any atom is -0.349 e. The highest BCUT2D eigenvalue weighted by atomic mass is 16.1. The van der Waals surface area contributed by atoms with Gasteiger partial charge in [0.2, 0.25) is 0 Å². The monoisotopic (exact) mass is 284 g/mol. The molecule has 2 aromatic heterocycles. The van der Waals surface area contributed by atoms with E-state index in [9.17, 15) is 4.79 Å². The largest absolute Gasteiger partial charge is 0.349 e. The van der Waals surface area contributed by atoms with E-state index in [-0.39, 0.29) is 5.91 Å². The smallest absolute Gasteiger partial charge is 0.253 e. The molecule has 5 heteroatoms. The number of fused-ring (bicyclic) bond motifs is 3. The average molecular weight is 284 g/mol. The van der Waals surface area contributed by atoms with E-state index in [2.05, 4.69) is 14.9 Å². The van der Waals surface area contributed by atoms with Crippen LogP contribution in [0.1, 0.15) is 54.0 Å². The summed E-state index contributed by atoms with van der Waals surface area (Å²) in [5, 5.41) is 3.07. The number of hydrogen-bond acceptors (Lipinski definition) is 3. The first-order valence-electron chi connectivity index (χ1n) is 7.90. The number of carbonyl (C=O) groups is 1. The van der Waals surface area contributed by atoms with Gasteiger partial charge in [-0.3, -0.25) is 4.79 Å². The van der Waals surface area contributed by atoms with Gasteiger partial charge in [-0.2, -0.15) is 0 Å². The molecule has 5 nitrogen and oxygen atoms in total. The summed E-state index contributed by atoms with van der Waals surface area (Å²) in [5.74, 6) is 1.09. The fourth-order valence-corrected chi connectivity index (χ4v) is 3.08. The third kappa shape index (κ3) is 2.30. The second kappa shape index (κ2) is 4.83. The number of nitrogens with zero attached hydrogens (tertiary/aromatic N) is 3. The van der Waals surface area contributed by atoms with Gasteiger partial charge in [0.25, 0.3) is 5.91 Å². The van der Waals surface area contributed by atoms with Crippen LogP contribution in [0.5, 0.6) is 0 Å². The van der Waals surface area contributed by atoms with Crippen molar-refractivity contribution in [2.24, 2.45) is 0 Å². The summed E-state index contributed by atoms with van der Waals surface area (Å²) < 4.78 is 2.21. The molecule has 0 saturated heterocycles. The van der Waals surface area contributed by atoms with Gasteiger partial charge in [-0.15, -0.1) is 0 Å². The topological polar surface area (TPSA) is 59.8 Å². The van der Waals surface area contributed by atoms with E-state index >= 15 is 0 Å². The summed E-state index contributed by atoms with van der Waals surface area (Å²) in [5.41, 5.74) is 3.23. The lowest BCUT2D eigenvalue weighted by Gasteiger charge is -2.07. The molecule has 0 unspecified atom stereocenters. The number of amides is 1. The summed E-state index contributed by atoms with van der Waals surface area (Å²) in [6.45, 7) is 2.91. The van der Waals surface area contributed by atoms with E-state index in [1.165, 1.54) is 12.8 Å². The first-order valence-corrected chi connectivity index (χ1v) is 7.90. The van der Waals surface area contributed by atoms with Crippen LogP contribution in [0.4, 0.5) is 0 Å². The van der Waals surface area contributed by atoms with Crippen LogP contribution in [0.15, 0.2) is 6.07 Å². The molecule has 21 heavy (non-hydrogen) atoms. The zero-order chi connectivity index (χ0) is 14.4. The predicted molar refractivity (Wildman–Crippen MR) is 80.3 cm³/mol. The third-order valence-electron chi connectivity index (χ3n) is 4.35. The Morgan fingerprint density at radius 1 is 1.29 bits per heavy atom. The number of aromatic nitrogens is 3. The highest BCUT2D eigenvalue weighted by Gasteiger charge is 2.26. The highest BCUT2D eigenvalue weighted by Crippen LogP contribution is 2.25. The Morgan fingerprint density at radius 3 is 2.95 bits per heavy atom. The second-order valence-electron chi connectivity index (χ2n) is 6.22. The average Bonchev–Trinajstić information content (AvgIpc) is 3.24. The van der Waals surface area contributed by atoms with Crippen LogP contribution >= 0.6 is 0 Å². The van der Waals surface area contributed by atoms with Crippen LogP contribution in [0.25, 0.3) is 11.2 Å². The molecule has 2 aliphatic rings. The summed E-state index contributed by atoms with van der Waals surface area (Å²) in [6.07, 6.45) is 6.76. The van der Waals surface area contributed by atoms with Crippen molar-refractivity contribution in [1.82, 2.24) is 19.9 Å². The third-order valence-corrected chi connectivity index (χ3v) is 4.35. The maximum atomic E-state index is 12.5. The molecule has 0 aromatic carbocycles. The van der Waals surface area contributed by atoms with Crippen LogP contribution in [0.2, 0.25) is 0 Å². The molecule has 1 aliphatic carbocycles. The van der Waals surface area contributed by atoms with Crippen LogP contribution in [-0.4, -0.2) is 26.5 Å². The summed E-state index contributed by atoms with van der Waals surface area (Å²) in [6, 6.07) is 2.23. The van der Waals surface area contributed by atoms with Crippen molar-refractivity contribution in [2.75, 3.05) is 0 Å². The van der Waals surface area contributed by atoms with E-state index < -0.39 is 0 Å². The van der Waals surface area contributed by atoms with Gasteiger partial charge >= 0.3 is 0 Å². The Morgan fingerprint density at radius 2 is 2.14 bits per heavy atom. The van der Waals surface area contributed by atoms with Crippen molar-refractivity contribution in [2.45, 2.75) is 58.0 Å². The Bertz CT molecular complexity index is 715. The number of imidazole rings is 1. The molecule has 1 saturated carbocycles. The fraction of sp³-hybridized carbons (Fsp3) is 0.562. The molecule has 1 N–H and O–H groups in total. The van der Waals surface area contributed by atoms with Gasteiger partial charge in [-0.05, 0) is 38.7 Å². The SMILES string of the molecule is Cc1cc(C(=O)NC2CC2)c2nc3n(c2n1)CCCCC3. The predicted octanol–water partition coefficient (Wildman–Crippen LogP) is 2.36. The van der Waals surface area contributed by atoms with Crippen molar-refractivity contribution < 1.29 is 4.79 Å². The lowest BCUT2D eigenvalue weighted by Crippen LogP contribution is -2.25. The summed E-state index contributed by atoms with van der Waals surface area (Å²) in [7, 11) is 0. The minimum atomic E-state index is 0.00117. The van der Waals surface area contributed by atoms with Crippen LogP contribution in [0, 0.1) is 6.92 Å². The molecular weight excluding hydrogens is 264 g/mol. The molecule has 2 aromatic rings. The van der Waals surface area contributed by atoms with Gasteiger partial charge in [-0.1, -0.05) is 6.42 Å². The van der Waals surface area contributed by atoms with Crippen molar-refractivity contribution >= 4 is 17.1 Å². The first kappa shape index (κ1) is 12.8. The van der Waals surface area contributed by atoms with Crippen molar-refractivity contribution in [3.05, 3.63) is 23.1 Å². The number of hydrogen-bond donors (Lipinski definition) is 1. The zero-order valence-electron chi connectivity index (χ0n) is 12.4. The maximum absolute atomic E-state index is 12.5. The number of aryl methyl sites for hydroxylation is 3. The Balaban J connectivity index is 1.84. The van der Waals surface area contributed by atoms with E-state index in [4.69, 9.17) is 4.98 Å².